The van der Waals surface area contributed by atoms with E-state index in [1.165, 1.54) is 30.3 Å². The predicted octanol–water partition coefficient (Wildman–Crippen LogP) is 3.16. The summed E-state index contributed by atoms with van der Waals surface area (Å²) < 4.78 is 53.7. The average molecular weight is 405 g/mol. The zero-order chi connectivity index (χ0) is 21.2. The zero-order valence-electron chi connectivity index (χ0n) is 15.1. The van der Waals surface area contributed by atoms with E-state index in [0.29, 0.717) is 17.4 Å². The number of carbonyl (C=O) groups excluding carboxylic acids is 1. The van der Waals surface area contributed by atoms with E-state index < -0.39 is 23.5 Å². The number of nitrogens with two attached hydrogens (primary N) is 1. The molecule has 0 saturated heterocycles. The molecule has 0 bridgehead atoms. The lowest BCUT2D eigenvalue weighted by molar-refractivity contribution is -0.137. The number of rotatable bonds is 5. The van der Waals surface area contributed by atoms with Gasteiger partial charge in [0.25, 0.3) is 5.91 Å². The lowest BCUT2D eigenvalue weighted by Crippen LogP contribution is -2.12. The van der Waals surface area contributed by atoms with Crippen LogP contribution in [0.4, 0.5) is 17.6 Å². The molecule has 0 aliphatic carbocycles. The Bertz CT molecular complexity index is 1090. The highest BCUT2D eigenvalue weighted by Gasteiger charge is 2.31. The van der Waals surface area contributed by atoms with Crippen LogP contribution in [-0.4, -0.2) is 33.9 Å². The number of hydrogen-bond donors (Lipinski definition) is 1. The molecule has 0 aliphatic heterocycles. The summed E-state index contributed by atoms with van der Waals surface area (Å²) in [4.78, 5) is 19.5. The number of aliphatic imine (C=N–C) groups is 1. The largest absolute Gasteiger partial charge is 0.416 e. The van der Waals surface area contributed by atoms with E-state index in [2.05, 4.69) is 15.1 Å². The first-order chi connectivity index (χ1) is 13.7. The Morgan fingerprint density at radius 2 is 2.03 bits per heavy atom. The van der Waals surface area contributed by atoms with Gasteiger partial charge >= 0.3 is 6.18 Å². The van der Waals surface area contributed by atoms with E-state index in [0.717, 1.165) is 12.1 Å². The van der Waals surface area contributed by atoms with Crippen molar-refractivity contribution in [2.45, 2.75) is 12.6 Å². The molecule has 3 aromatic rings. The summed E-state index contributed by atoms with van der Waals surface area (Å²) in [6.07, 6.45) is -0.439. The Balaban J connectivity index is 1.94. The fraction of sp³-hybridized carbons (Fsp3) is 0.158. The van der Waals surface area contributed by atoms with Gasteiger partial charge in [0.2, 0.25) is 0 Å². The van der Waals surface area contributed by atoms with E-state index in [-0.39, 0.29) is 23.2 Å². The molecule has 10 heteroatoms. The van der Waals surface area contributed by atoms with Crippen molar-refractivity contribution in [3.05, 3.63) is 76.6 Å². The van der Waals surface area contributed by atoms with Crippen LogP contribution in [0.25, 0.3) is 5.69 Å². The van der Waals surface area contributed by atoms with E-state index in [4.69, 9.17) is 5.73 Å². The summed E-state index contributed by atoms with van der Waals surface area (Å²) in [5, 5.41) is 4.23. The number of halogens is 4. The van der Waals surface area contributed by atoms with Gasteiger partial charge < -0.3 is 5.73 Å². The molecular formula is C19H15F4N5O. The number of aromatic nitrogens is 3. The lowest BCUT2D eigenvalue weighted by Gasteiger charge is -2.10. The van der Waals surface area contributed by atoms with Crippen molar-refractivity contribution in [3.8, 4) is 5.69 Å². The van der Waals surface area contributed by atoms with Crippen molar-refractivity contribution in [2.75, 3.05) is 7.05 Å². The summed E-state index contributed by atoms with van der Waals surface area (Å²) in [7, 11) is 1.52. The zero-order valence-corrected chi connectivity index (χ0v) is 15.1. The predicted molar refractivity (Wildman–Crippen MR) is 97.6 cm³/mol. The van der Waals surface area contributed by atoms with Gasteiger partial charge in [0, 0.05) is 37.8 Å². The summed E-state index contributed by atoms with van der Waals surface area (Å²) in [5.74, 6) is -1.66. The lowest BCUT2D eigenvalue weighted by atomic mass is 10.0. The molecular weight excluding hydrogens is 390 g/mol. The monoisotopic (exact) mass is 405 g/mol. The molecule has 29 heavy (non-hydrogen) atoms. The number of nitrogens with zero attached hydrogens (tertiary/aromatic N) is 4. The van der Waals surface area contributed by atoms with Crippen LogP contribution >= 0.6 is 0 Å². The van der Waals surface area contributed by atoms with Gasteiger partial charge in [-0.2, -0.15) is 18.3 Å². The van der Waals surface area contributed by atoms with Gasteiger partial charge in [-0.05, 0) is 35.9 Å². The first-order valence-electron chi connectivity index (χ1n) is 8.31. The van der Waals surface area contributed by atoms with Gasteiger partial charge in [0.05, 0.1) is 16.8 Å². The average Bonchev–Trinajstić information content (AvgIpc) is 3.05. The number of pyridine rings is 1. The smallest absolute Gasteiger partial charge is 0.365 e. The first-order valence-corrected chi connectivity index (χ1v) is 8.31. The Kier molecular flexibility index (Phi) is 5.44. The van der Waals surface area contributed by atoms with Crippen molar-refractivity contribution in [1.82, 2.24) is 14.8 Å². The van der Waals surface area contributed by atoms with Crippen LogP contribution in [0.15, 0.2) is 47.7 Å². The number of carbonyl (C=O) groups is 1. The first kappa shape index (κ1) is 20.2. The second-order valence-electron chi connectivity index (χ2n) is 6.15. The maximum Gasteiger partial charge on any atom is 0.416 e. The minimum absolute atomic E-state index is 0.0259. The standard InChI is InChI=1S/C19H15F4N5O/c1-25-9-17-16(18(24)29)10-28(27-17)15-2-3-26-14(8-15)6-11-4-12(19(21,22)23)7-13(20)5-11/h2-5,7-10H,6H2,1H3,(H2,24,29). The quantitative estimate of drug-likeness (QED) is 0.523. The van der Waals surface area contributed by atoms with Gasteiger partial charge in [-0.25, -0.2) is 9.07 Å². The minimum Gasteiger partial charge on any atom is -0.365 e. The molecule has 0 spiro atoms. The Hall–Kier alpha value is -3.56. The number of benzene rings is 1. The normalized spacial score (nSPS) is 11.9. The molecule has 150 valence electrons. The minimum atomic E-state index is -4.65. The fourth-order valence-electron chi connectivity index (χ4n) is 2.76. The molecule has 0 unspecified atom stereocenters. The van der Waals surface area contributed by atoms with Gasteiger partial charge in [-0.1, -0.05) is 0 Å². The Morgan fingerprint density at radius 1 is 1.28 bits per heavy atom. The highest BCUT2D eigenvalue weighted by Crippen LogP contribution is 2.31. The molecule has 0 saturated carbocycles. The molecule has 3 rings (SSSR count). The van der Waals surface area contributed by atoms with Crippen molar-refractivity contribution in [2.24, 2.45) is 10.7 Å². The third-order valence-corrected chi connectivity index (χ3v) is 3.99. The van der Waals surface area contributed by atoms with Gasteiger partial charge in [0.15, 0.2) is 0 Å². The third kappa shape index (κ3) is 4.65. The number of alkyl halides is 3. The molecule has 1 aromatic carbocycles. The maximum atomic E-state index is 13.6. The van der Waals surface area contributed by atoms with Gasteiger partial charge in [-0.15, -0.1) is 0 Å². The van der Waals surface area contributed by atoms with Crippen LogP contribution in [-0.2, 0) is 12.6 Å². The molecule has 6 nitrogen and oxygen atoms in total. The highest BCUT2D eigenvalue weighted by molar-refractivity contribution is 6.00. The van der Waals surface area contributed by atoms with Gasteiger partial charge in [-0.3, -0.25) is 14.8 Å². The second kappa shape index (κ2) is 7.82. The number of hydrogen-bond acceptors (Lipinski definition) is 4. The number of primary amides is 1. The molecule has 2 heterocycles. The second-order valence-corrected chi connectivity index (χ2v) is 6.15. The summed E-state index contributed by atoms with van der Waals surface area (Å²) in [6.45, 7) is 0. The highest BCUT2D eigenvalue weighted by atomic mass is 19.4. The van der Waals surface area contributed by atoms with Crippen LogP contribution in [0.5, 0.6) is 0 Å². The topological polar surface area (TPSA) is 86.2 Å². The molecule has 2 aromatic heterocycles. The SMILES string of the molecule is CN=Cc1nn(-c2ccnc(Cc3cc(F)cc(C(F)(F)F)c3)c2)cc1C(N)=O. The molecule has 1 amide bonds. The molecule has 0 aliphatic rings. The molecule has 0 atom stereocenters. The summed E-state index contributed by atoms with van der Waals surface area (Å²) >= 11 is 0. The molecule has 2 N–H and O–H groups in total. The van der Waals surface area contributed by atoms with Crippen LogP contribution in [0, 0.1) is 5.82 Å². The summed E-state index contributed by atoms with van der Waals surface area (Å²) in [5.41, 5.74) is 5.73. The van der Waals surface area contributed by atoms with E-state index >= 15 is 0 Å². The van der Waals surface area contributed by atoms with E-state index in [1.807, 2.05) is 0 Å². The van der Waals surface area contributed by atoms with Crippen molar-refractivity contribution < 1.29 is 22.4 Å². The fourth-order valence-corrected chi connectivity index (χ4v) is 2.76. The van der Waals surface area contributed by atoms with Crippen LogP contribution in [0.3, 0.4) is 0 Å². The van der Waals surface area contributed by atoms with Crippen molar-refractivity contribution in [3.63, 3.8) is 0 Å². The maximum absolute atomic E-state index is 13.6. The summed E-state index contributed by atoms with van der Waals surface area (Å²) in [6, 6.07) is 5.52. The van der Waals surface area contributed by atoms with Crippen LogP contribution < -0.4 is 5.73 Å². The molecule has 0 radical (unpaired) electrons. The third-order valence-electron chi connectivity index (χ3n) is 3.99. The Labute approximate surface area is 162 Å². The van der Waals surface area contributed by atoms with Crippen LogP contribution in [0.1, 0.15) is 32.9 Å². The Morgan fingerprint density at radius 3 is 2.69 bits per heavy atom. The van der Waals surface area contributed by atoms with E-state index in [9.17, 15) is 22.4 Å². The number of amides is 1. The molecule has 0 fully saturated rings. The van der Waals surface area contributed by atoms with Crippen molar-refractivity contribution >= 4 is 12.1 Å². The van der Waals surface area contributed by atoms with Gasteiger partial charge in [0.1, 0.15) is 11.5 Å². The van der Waals surface area contributed by atoms with Crippen LogP contribution in [0.2, 0.25) is 0 Å². The van der Waals surface area contributed by atoms with E-state index in [1.54, 1.807) is 12.1 Å². The van der Waals surface area contributed by atoms with Crippen molar-refractivity contribution in [1.29, 1.82) is 0 Å².